The van der Waals surface area contributed by atoms with Crippen LogP contribution < -0.4 is 21.8 Å². The summed E-state index contributed by atoms with van der Waals surface area (Å²) in [6, 6.07) is -0.313. The van der Waals surface area contributed by atoms with Crippen LogP contribution in [0.1, 0.15) is 42.1 Å². The molecule has 5 rings (SSSR count). The predicted molar refractivity (Wildman–Crippen MR) is 99.6 cm³/mol. The Morgan fingerprint density at radius 1 is 1.25 bits per heavy atom. The number of nitrogen functional groups attached to an aromatic ring is 1. The summed E-state index contributed by atoms with van der Waals surface area (Å²) in [5.41, 5.74) is 9.57. The molecule has 0 amide bonds. The smallest absolute Gasteiger partial charge is 0.341 e. The highest BCUT2D eigenvalue weighted by Gasteiger charge is 2.54. The summed E-state index contributed by atoms with van der Waals surface area (Å²) in [7, 11) is 0. The summed E-state index contributed by atoms with van der Waals surface area (Å²) in [5, 5.41) is 8.93. The molecule has 2 saturated carbocycles. The molecule has 2 aromatic rings. The first-order valence-electron chi connectivity index (χ1n) is 9.34. The molecule has 2 aliphatic carbocycles. The zero-order valence-corrected chi connectivity index (χ0v) is 15.0. The highest BCUT2D eigenvalue weighted by atomic mass is 19.1. The van der Waals surface area contributed by atoms with Crippen molar-refractivity contribution in [3.05, 3.63) is 33.6 Å². The summed E-state index contributed by atoms with van der Waals surface area (Å²) in [4.78, 5) is 25.7. The van der Waals surface area contributed by atoms with Gasteiger partial charge in [-0.2, -0.15) is 0 Å². The van der Waals surface area contributed by atoms with Crippen LogP contribution in [0.3, 0.4) is 0 Å². The highest BCUT2D eigenvalue weighted by molar-refractivity contribution is 5.99. The largest absolute Gasteiger partial charge is 0.477 e. The molecule has 9 heteroatoms. The molecule has 1 atom stereocenters. The van der Waals surface area contributed by atoms with Crippen LogP contribution >= 0.6 is 0 Å². The molecule has 2 heterocycles. The number of hydrogen-bond acceptors (Lipinski definition) is 5. The van der Waals surface area contributed by atoms with Crippen LogP contribution in [0.15, 0.2) is 11.0 Å². The maximum absolute atomic E-state index is 15.6. The van der Waals surface area contributed by atoms with Crippen LogP contribution in [0.4, 0.5) is 20.2 Å². The standard InChI is InChI=1S/C19H20F2N4O3/c20-12-14(23)11-15(25(8-1-2-8)5-9(17(11)26)18(27)28)13(21)16(12)24-6-10(22)19(7-24)3-4-19/h5,8,10H,1-4,6-7,22-23H2,(H,27,28)/t10-/m0/s1. The van der Waals surface area contributed by atoms with E-state index in [1.54, 1.807) is 4.90 Å². The number of carboxylic acids is 1. The predicted octanol–water partition coefficient (Wildman–Crippen LogP) is 1.82. The number of anilines is 2. The van der Waals surface area contributed by atoms with Gasteiger partial charge in [0.15, 0.2) is 11.6 Å². The van der Waals surface area contributed by atoms with Gasteiger partial charge in [-0.15, -0.1) is 0 Å². The Labute approximate surface area is 158 Å². The average molecular weight is 390 g/mol. The molecule has 3 fully saturated rings. The lowest BCUT2D eigenvalue weighted by Gasteiger charge is -2.23. The quantitative estimate of drug-likeness (QED) is 0.689. The number of aromatic nitrogens is 1. The summed E-state index contributed by atoms with van der Waals surface area (Å²) in [6.07, 6.45) is 4.44. The first kappa shape index (κ1) is 17.4. The van der Waals surface area contributed by atoms with Gasteiger partial charge in [0.1, 0.15) is 11.3 Å². The van der Waals surface area contributed by atoms with Crippen LogP contribution in [0, 0.1) is 17.0 Å². The second kappa shape index (κ2) is 5.44. The third-order valence-electron chi connectivity index (χ3n) is 6.45. The van der Waals surface area contributed by atoms with E-state index in [9.17, 15) is 14.7 Å². The zero-order chi connectivity index (χ0) is 20.0. The van der Waals surface area contributed by atoms with Gasteiger partial charge in [0, 0.05) is 36.8 Å². The van der Waals surface area contributed by atoms with Crippen LogP contribution in [0.2, 0.25) is 0 Å². The van der Waals surface area contributed by atoms with E-state index in [0.29, 0.717) is 13.1 Å². The van der Waals surface area contributed by atoms with Crippen molar-refractivity contribution in [3.63, 3.8) is 0 Å². The third kappa shape index (κ3) is 2.22. The summed E-state index contributed by atoms with van der Waals surface area (Å²) in [6.45, 7) is 0.744. The van der Waals surface area contributed by atoms with Crippen molar-refractivity contribution < 1.29 is 18.7 Å². The second-order valence-corrected chi connectivity index (χ2v) is 8.28. The molecule has 0 unspecified atom stereocenters. The van der Waals surface area contributed by atoms with Gasteiger partial charge in [-0.1, -0.05) is 0 Å². The van der Waals surface area contributed by atoms with Crippen molar-refractivity contribution >= 4 is 28.2 Å². The average Bonchev–Trinajstić information content (AvgIpc) is 3.53. The number of carbonyl (C=O) groups is 1. The number of aromatic carboxylic acids is 1. The Hall–Kier alpha value is -2.68. The Kier molecular flexibility index (Phi) is 3.38. The highest BCUT2D eigenvalue weighted by Crippen LogP contribution is 2.53. The van der Waals surface area contributed by atoms with Gasteiger partial charge in [0.25, 0.3) is 0 Å². The molecule has 1 aliphatic heterocycles. The number of nitrogens with zero attached hydrogens (tertiary/aromatic N) is 2. The van der Waals surface area contributed by atoms with Gasteiger partial charge in [-0.05, 0) is 25.7 Å². The maximum Gasteiger partial charge on any atom is 0.341 e. The number of hydrogen-bond donors (Lipinski definition) is 3. The van der Waals surface area contributed by atoms with Crippen molar-refractivity contribution in [1.82, 2.24) is 4.57 Å². The number of nitrogens with two attached hydrogens (primary N) is 2. The fourth-order valence-corrected chi connectivity index (χ4v) is 4.48. The second-order valence-electron chi connectivity index (χ2n) is 8.28. The van der Waals surface area contributed by atoms with Crippen molar-refractivity contribution in [1.29, 1.82) is 0 Å². The number of pyridine rings is 1. The SMILES string of the molecule is Nc1c(F)c(N2C[C@H](N)C3(CC3)C2)c(F)c2c1c(=O)c(C(=O)O)cn2C1CC1. The fraction of sp³-hybridized carbons (Fsp3) is 0.474. The molecular weight excluding hydrogens is 370 g/mol. The first-order chi connectivity index (χ1) is 13.2. The number of rotatable bonds is 3. The lowest BCUT2D eigenvalue weighted by Crippen LogP contribution is -2.31. The molecule has 1 aromatic heterocycles. The third-order valence-corrected chi connectivity index (χ3v) is 6.45. The van der Waals surface area contributed by atoms with E-state index >= 15 is 8.78 Å². The minimum atomic E-state index is -1.45. The molecule has 3 aliphatic rings. The van der Waals surface area contributed by atoms with E-state index in [1.165, 1.54) is 4.57 Å². The van der Waals surface area contributed by atoms with Crippen molar-refractivity contribution in [3.8, 4) is 0 Å². The number of carboxylic acid groups (broad SMARTS) is 1. The molecule has 1 aromatic carbocycles. The van der Waals surface area contributed by atoms with Crippen molar-refractivity contribution in [2.24, 2.45) is 11.1 Å². The van der Waals surface area contributed by atoms with E-state index < -0.39 is 39.7 Å². The number of halogens is 2. The number of benzene rings is 1. The van der Waals surface area contributed by atoms with E-state index in [-0.39, 0.29) is 28.7 Å². The van der Waals surface area contributed by atoms with Crippen LogP contribution in [-0.2, 0) is 0 Å². The van der Waals surface area contributed by atoms with Crippen LogP contribution in [-0.4, -0.2) is 34.8 Å². The fourth-order valence-electron chi connectivity index (χ4n) is 4.48. The molecule has 148 valence electrons. The summed E-state index contributed by atoms with van der Waals surface area (Å²) >= 11 is 0. The molecule has 1 saturated heterocycles. The molecule has 7 nitrogen and oxygen atoms in total. The topological polar surface area (TPSA) is 115 Å². The van der Waals surface area contributed by atoms with Crippen molar-refractivity contribution in [2.45, 2.75) is 37.8 Å². The van der Waals surface area contributed by atoms with Gasteiger partial charge >= 0.3 is 5.97 Å². The monoisotopic (exact) mass is 390 g/mol. The van der Waals surface area contributed by atoms with Gasteiger partial charge in [0.05, 0.1) is 16.6 Å². The molecular formula is C19H20F2N4O3. The summed E-state index contributed by atoms with van der Waals surface area (Å²) in [5.74, 6) is -3.36. The van der Waals surface area contributed by atoms with E-state index in [1.807, 2.05) is 0 Å². The van der Waals surface area contributed by atoms with Crippen molar-refractivity contribution in [2.75, 3.05) is 23.7 Å². The Balaban J connectivity index is 1.81. The molecule has 0 radical (unpaired) electrons. The molecule has 28 heavy (non-hydrogen) atoms. The normalized spacial score (nSPS) is 23.0. The van der Waals surface area contributed by atoms with E-state index in [4.69, 9.17) is 11.5 Å². The summed E-state index contributed by atoms with van der Waals surface area (Å²) < 4.78 is 32.2. The van der Waals surface area contributed by atoms with Crippen LogP contribution in [0.5, 0.6) is 0 Å². The Morgan fingerprint density at radius 3 is 2.46 bits per heavy atom. The zero-order valence-electron chi connectivity index (χ0n) is 15.0. The lowest BCUT2D eigenvalue weighted by molar-refractivity contribution is 0.0695. The van der Waals surface area contributed by atoms with E-state index in [2.05, 4.69) is 0 Å². The van der Waals surface area contributed by atoms with Gasteiger partial charge in [-0.3, -0.25) is 4.79 Å². The molecule has 1 spiro atoms. The molecule has 5 N–H and O–H groups in total. The van der Waals surface area contributed by atoms with Gasteiger partial charge in [-0.25, -0.2) is 13.6 Å². The minimum Gasteiger partial charge on any atom is -0.477 e. The van der Waals surface area contributed by atoms with Gasteiger partial charge < -0.3 is 26.0 Å². The minimum absolute atomic E-state index is 0.105. The number of fused-ring (bicyclic) bond motifs is 1. The van der Waals surface area contributed by atoms with Crippen LogP contribution in [0.25, 0.3) is 10.9 Å². The Bertz CT molecular complexity index is 1110. The van der Waals surface area contributed by atoms with E-state index in [0.717, 1.165) is 31.9 Å². The lowest BCUT2D eigenvalue weighted by atomic mass is 10.0. The van der Waals surface area contributed by atoms with Gasteiger partial charge in [0.2, 0.25) is 5.43 Å². The maximum atomic E-state index is 15.6. The molecule has 0 bridgehead atoms. The first-order valence-corrected chi connectivity index (χ1v) is 9.34. The Morgan fingerprint density at radius 2 is 1.93 bits per heavy atom.